The summed E-state index contributed by atoms with van der Waals surface area (Å²) in [5, 5.41) is 0. The van der Waals surface area contributed by atoms with Crippen molar-refractivity contribution in [1.29, 1.82) is 0 Å². The van der Waals surface area contributed by atoms with Gasteiger partial charge in [-0.1, -0.05) is 380 Å². The largest absolute Gasteiger partial charge is 0.0649 e. The van der Waals surface area contributed by atoms with E-state index in [-0.39, 0.29) is 0 Å². The summed E-state index contributed by atoms with van der Waals surface area (Å²) in [5.74, 6) is 13.1. The molecule has 8 fully saturated rings. The maximum Gasteiger partial charge on any atom is -0.0300 e. The highest BCUT2D eigenvalue weighted by molar-refractivity contribution is 4.95. The molecule has 0 aromatic carbocycles. The highest BCUT2D eigenvalue weighted by atomic mass is 14.5. The van der Waals surface area contributed by atoms with E-state index in [0.29, 0.717) is 70.4 Å². The van der Waals surface area contributed by atoms with Gasteiger partial charge in [-0.25, -0.2) is 0 Å². The summed E-state index contributed by atoms with van der Waals surface area (Å²) < 4.78 is 0. The van der Waals surface area contributed by atoms with Crippen molar-refractivity contribution in [2.45, 2.75) is 540 Å². The van der Waals surface area contributed by atoms with Gasteiger partial charge in [0.2, 0.25) is 0 Å². The molecule has 0 heterocycles. The molecular formula is C108H216. The Morgan fingerprint density at radius 2 is 0.546 bits per heavy atom. The standard InChI is InChI=1S/C16H32.2C15H30.C14H28.C13H26.2C12H24.C11H22/c1-7-15(5,8-2)14-9-11-16(6,12-10-14)13(3)4;1-7-14(4,5)13-8-10-15(6,11-9-13)12(2)3;1-6-14(4)11-9-13(10-12-14)15(5,7-2)8-3;1-6-14(5,7-2)12-8-10-13(3,4)11-9-12;1-10(2)12-7-6-8-13(5,9-12)11(3)4;1-11(2,3)10-7-6-8-12(4,5)9-10;1-5-12(4)8-6-7-11(9-12)10(2)3;1-9(2)10-6-5-7-11(3,4)8-10/h13-14H,7-12H2,1-6H3;12-13H,7-11H2,1-6H3;13H,6-12H2,1-5H3;12H,6-11H2,1-5H3;10-12H,6-9H2,1-5H3;10H,6-9H2,1-5H3;10-11H,5-9H2,1-4H3;9-10H,5-8H2,1-4H3. The summed E-state index contributed by atoms with van der Waals surface area (Å²) in [4.78, 5) is 0. The zero-order valence-corrected chi connectivity index (χ0v) is 83.6. The third-order valence-corrected chi connectivity index (χ3v) is 37.2. The minimum Gasteiger partial charge on any atom is -0.0649 e. The molecule has 0 saturated heterocycles. The van der Waals surface area contributed by atoms with E-state index in [2.05, 4.69) is 277 Å². The second kappa shape index (κ2) is 46.4. The molecule has 8 aliphatic carbocycles. The molecule has 0 radical (unpaired) electrons. The van der Waals surface area contributed by atoms with E-state index < -0.39 is 0 Å². The lowest BCUT2D eigenvalue weighted by Crippen LogP contribution is -2.35. The van der Waals surface area contributed by atoms with Crippen molar-refractivity contribution in [2.75, 3.05) is 0 Å². The maximum atomic E-state index is 2.51. The summed E-state index contributed by atoms with van der Waals surface area (Å²) in [7, 11) is 0. The van der Waals surface area contributed by atoms with Crippen molar-refractivity contribution < 1.29 is 0 Å². The summed E-state index contributed by atoms with van der Waals surface area (Å²) >= 11 is 0. The molecule has 108 heavy (non-hydrogen) atoms. The lowest BCUT2D eigenvalue weighted by atomic mass is 9.59. The first-order chi connectivity index (χ1) is 49.5. The Morgan fingerprint density at radius 3 is 0.833 bits per heavy atom. The summed E-state index contributed by atoms with van der Waals surface area (Å²) in [5.41, 5.74) is 8.03. The Kier molecular flexibility index (Phi) is 45.5. The Hall–Kier alpha value is 0. The molecule has 0 nitrogen and oxygen atoms in total. The highest BCUT2D eigenvalue weighted by Gasteiger charge is 2.44. The second-order valence-corrected chi connectivity index (χ2v) is 49.2. The molecule has 0 spiro atoms. The lowest BCUT2D eigenvalue weighted by molar-refractivity contribution is 0.0457. The fraction of sp³-hybridized carbons (Fsp3) is 1.00. The fourth-order valence-electron chi connectivity index (χ4n) is 22.4. The van der Waals surface area contributed by atoms with E-state index in [1.165, 1.54) is 263 Å². The van der Waals surface area contributed by atoms with E-state index in [9.17, 15) is 0 Å². The molecule has 0 aromatic rings. The quantitative estimate of drug-likeness (QED) is 0.121. The molecule has 8 saturated carbocycles. The SMILES string of the molecule is CC(C)C1CCCC(C)(C(C)C)C1.CC(C)C1CCCC(C)(C)C1.CC1(C)CCCC(C(C)(C)C)C1.CCC(C)(C)C1CCC(C)(C(C)C)CC1.CCC(C)(CC)C1CCC(C)(C(C)C)CC1.CCC(C)(CC)C1CCC(C)(C)CC1.CCC1(C)CCC(C(C)(CC)CC)CC1.CCC1(C)CCCC(C(C)C)C1. The topological polar surface area (TPSA) is 0 Å². The monoisotopic (exact) mass is 1510 g/mol. The van der Waals surface area contributed by atoms with Crippen LogP contribution in [0.3, 0.4) is 0 Å². The van der Waals surface area contributed by atoms with Gasteiger partial charge in [-0.2, -0.15) is 0 Å². The Balaban J connectivity index is 0.000000619. The fourth-order valence-corrected chi connectivity index (χ4v) is 22.4. The van der Waals surface area contributed by atoms with Crippen molar-refractivity contribution in [2.24, 2.45) is 153 Å². The van der Waals surface area contributed by atoms with Crippen LogP contribution >= 0.6 is 0 Å². The first-order valence-electron chi connectivity index (χ1n) is 49.5. The minimum absolute atomic E-state index is 0.525. The third-order valence-electron chi connectivity index (χ3n) is 37.2. The molecular weight excluding hydrogens is 1300 g/mol. The van der Waals surface area contributed by atoms with Gasteiger partial charge in [-0.05, 0) is 314 Å². The van der Waals surface area contributed by atoms with E-state index >= 15 is 0 Å². The smallest absolute Gasteiger partial charge is 0.0300 e. The zero-order valence-electron chi connectivity index (χ0n) is 83.6. The Bertz CT molecular complexity index is 2260. The van der Waals surface area contributed by atoms with Crippen molar-refractivity contribution in [3.8, 4) is 0 Å². The molecule has 0 heteroatoms. The van der Waals surface area contributed by atoms with Gasteiger partial charge in [0.15, 0.2) is 0 Å². The van der Waals surface area contributed by atoms with Crippen LogP contribution in [-0.2, 0) is 0 Å². The van der Waals surface area contributed by atoms with Crippen LogP contribution in [0.5, 0.6) is 0 Å². The highest BCUT2D eigenvalue weighted by Crippen LogP contribution is 2.55. The van der Waals surface area contributed by atoms with Crippen LogP contribution in [0, 0.1) is 153 Å². The summed E-state index contributed by atoms with van der Waals surface area (Å²) in [6.45, 7) is 96.5. The van der Waals surface area contributed by atoms with Crippen molar-refractivity contribution in [3.63, 3.8) is 0 Å². The first-order valence-corrected chi connectivity index (χ1v) is 49.5. The van der Waals surface area contributed by atoms with Crippen molar-refractivity contribution in [3.05, 3.63) is 0 Å². The molecule has 8 rings (SSSR count). The van der Waals surface area contributed by atoms with E-state index in [4.69, 9.17) is 0 Å². The normalized spacial score (nSPS) is 32.0. The van der Waals surface area contributed by atoms with Crippen LogP contribution in [-0.4, -0.2) is 0 Å². The summed E-state index contributed by atoms with van der Waals surface area (Å²) in [6, 6.07) is 0. The number of hydrogen-bond acceptors (Lipinski definition) is 0. The molecule has 648 valence electrons. The lowest BCUT2D eigenvalue weighted by Gasteiger charge is -2.46. The Morgan fingerprint density at radius 1 is 0.250 bits per heavy atom. The zero-order chi connectivity index (χ0) is 83.6. The number of rotatable bonds is 19. The minimum atomic E-state index is 0.525. The van der Waals surface area contributed by atoms with Gasteiger partial charge < -0.3 is 0 Å². The van der Waals surface area contributed by atoms with Gasteiger partial charge in [0, 0.05) is 0 Å². The van der Waals surface area contributed by atoms with Crippen LogP contribution in [0.15, 0.2) is 0 Å². The van der Waals surface area contributed by atoms with Gasteiger partial charge in [-0.3, -0.25) is 0 Å². The van der Waals surface area contributed by atoms with Gasteiger partial charge in [0.1, 0.15) is 0 Å². The molecule has 0 N–H and O–H groups in total. The van der Waals surface area contributed by atoms with Crippen molar-refractivity contribution in [1.82, 2.24) is 0 Å². The molecule has 0 aliphatic heterocycles. The maximum absolute atomic E-state index is 2.51. The molecule has 6 atom stereocenters. The Labute approximate surface area is 689 Å². The van der Waals surface area contributed by atoms with E-state index in [1.54, 1.807) is 0 Å². The van der Waals surface area contributed by atoms with Gasteiger partial charge in [0.25, 0.3) is 0 Å². The second-order valence-electron chi connectivity index (χ2n) is 49.2. The van der Waals surface area contributed by atoms with Crippen LogP contribution < -0.4 is 0 Å². The van der Waals surface area contributed by atoms with Gasteiger partial charge in [0.05, 0.1) is 0 Å². The predicted octanol–water partition coefficient (Wildman–Crippen LogP) is 38.2. The molecule has 8 aliphatic rings. The first kappa shape index (κ1) is 106. The van der Waals surface area contributed by atoms with Gasteiger partial charge >= 0.3 is 0 Å². The average Bonchev–Trinajstić information content (AvgIpc) is 0.825. The van der Waals surface area contributed by atoms with E-state index in [1.807, 2.05) is 0 Å². The van der Waals surface area contributed by atoms with Crippen LogP contribution in [0.1, 0.15) is 540 Å². The van der Waals surface area contributed by atoms with Gasteiger partial charge in [-0.15, -0.1) is 0 Å². The average molecular weight is 1510 g/mol. The van der Waals surface area contributed by atoms with Crippen LogP contribution in [0.2, 0.25) is 0 Å². The van der Waals surface area contributed by atoms with Crippen molar-refractivity contribution >= 4 is 0 Å². The predicted molar refractivity (Wildman–Crippen MR) is 497 cm³/mol. The van der Waals surface area contributed by atoms with Crippen LogP contribution in [0.4, 0.5) is 0 Å². The molecule has 6 unspecified atom stereocenters. The summed E-state index contributed by atoms with van der Waals surface area (Å²) in [6.07, 6.45) is 58.8. The number of hydrogen-bond donors (Lipinski definition) is 0. The van der Waals surface area contributed by atoms with Crippen LogP contribution in [0.25, 0.3) is 0 Å². The third kappa shape index (κ3) is 34.9. The molecule has 0 amide bonds. The molecule has 0 bridgehead atoms. The molecule has 0 aromatic heterocycles. The van der Waals surface area contributed by atoms with E-state index in [0.717, 1.165) is 82.9 Å².